The Morgan fingerprint density at radius 3 is 2.90 bits per heavy atom. The summed E-state index contributed by atoms with van der Waals surface area (Å²) in [5, 5.41) is 3.96. The molecule has 0 aliphatic rings. The van der Waals surface area contributed by atoms with Crippen molar-refractivity contribution in [3.05, 3.63) is 41.0 Å². The lowest BCUT2D eigenvalue weighted by atomic mass is 10.2. The van der Waals surface area contributed by atoms with Gasteiger partial charge in [-0.05, 0) is 40.2 Å². The van der Waals surface area contributed by atoms with Crippen LogP contribution >= 0.6 is 15.9 Å². The van der Waals surface area contributed by atoms with Crippen LogP contribution in [0.2, 0.25) is 0 Å². The molecule has 2 aromatic heterocycles. The van der Waals surface area contributed by atoms with Crippen LogP contribution in [0.4, 0.5) is 5.69 Å². The zero-order valence-corrected chi connectivity index (χ0v) is 12.7. The van der Waals surface area contributed by atoms with Crippen molar-refractivity contribution in [3.63, 3.8) is 0 Å². The molecule has 0 radical (unpaired) electrons. The summed E-state index contributed by atoms with van der Waals surface area (Å²) in [5.41, 5.74) is 7.63. The molecule has 2 heterocycles. The number of benzene rings is 1. The standard InChI is InChI=1S/C14H11BrN4O2/c1-20-11-7-8(16)4-5-9(11)14-18-13(19-21-14)12-10(15)3-2-6-17-12/h2-7H,16H2,1H3. The predicted octanol–water partition coefficient (Wildman–Crippen LogP) is 3.15. The number of aromatic nitrogens is 3. The van der Waals surface area contributed by atoms with E-state index in [1.807, 2.05) is 12.1 Å². The minimum Gasteiger partial charge on any atom is -0.496 e. The molecule has 0 bridgehead atoms. The van der Waals surface area contributed by atoms with Crippen molar-refractivity contribution < 1.29 is 9.26 Å². The molecular weight excluding hydrogens is 336 g/mol. The lowest BCUT2D eigenvalue weighted by Crippen LogP contribution is -1.92. The number of methoxy groups -OCH3 is 1. The number of pyridine rings is 1. The van der Waals surface area contributed by atoms with Gasteiger partial charge < -0.3 is 15.0 Å². The lowest BCUT2D eigenvalue weighted by Gasteiger charge is -2.05. The van der Waals surface area contributed by atoms with Crippen LogP contribution in [-0.2, 0) is 0 Å². The summed E-state index contributed by atoms with van der Waals surface area (Å²) in [6.07, 6.45) is 1.67. The Morgan fingerprint density at radius 1 is 1.29 bits per heavy atom. The predicted molar refractivity (Wildman–Crippen MR) is 81.6 cm³/mol. The third kappa shape index (κ3) is 2.59. The zero-order chi connectivity index (χ0) is 14.8. The molecule has 0 saturated heterocycles. The Balaban J connectivity index is 2.05. The fraction of sp³-hybridized carbons (Fsp3) is 0.0714. The highest BCUT2D eigenvalue weighted by atomic mass is 79.9. The van der Waals surface area contributed by atoms with Crippen LogP contribution in [0.1, 0.15) is 0 Å². The average Bonchev–Trinajstić information content (AvgIpc) is 2.97. The fourth-order valence-corrected chi connectivity index (χ4v) is 2.30. The number of hydrogen-bond acceptors (Lipinski definition) is 6. The summed E-state index contributed by atoms with van der Waals surface area (Å²) < 4.78 is 11.4. The highest BCUT2D eigenvalue weighted by Gasteiger charge is 2.17. The molecule has 0 unspecified atom stereocenters. The monoisotopic (exact) mass is 346 g/mol. The second-order valence-corrected chi connectivity index (χ2v) is 5.07. The quantitative estimate of drug-likeness (QED) is 0.733. The smallest absolute Gasteiger partial charge is 0.262 e. The third-order valence-corrected chi connectivity index (χ3v) is 3.49. The van der Waals surface area contributed by atoms with Crippen molar-refractivity contribution in [2.45, 2.75) is 0 Å². The number of anilines is 1. The first-order chi connectivity index (χ1) is 10.2. The van der Waals surface area contributed by atoms with Crippen LogP contribution in [0.3, 0.4) is 0 Å². The van der Waals surface area contributed by atoms with Gasteiger partial charge in [0.2, 0.25) is 5.82 Å². The van der Waals surface area contributed by atoms with Gasteiger partial charge >= 0.3 is 0 Å². The molecule has 3 aromatic rings. The molecule has 0 fully saturated rings. The average molecular weight is 347 g/mol. The Hall–Kier alpha value is -2.41. The van der Waals surface area contributed by atoms with E-state index in [0.29, 0.717) is 34.4 Å². The van der Waals surface area contributed by atoms with Crippen LogP contribution in [0.25, 0.3) is 23.0 Å². The minimum atomic E-state index is 0.347. The lowest BCUT2D eigenvalue weighted by molar-refractivity contribution is 0.405. The van der Waals surface area contributed by atoms with E-state index >= 15 is 0 Å². The van der Waals surface area contributed by atoms with Crippen molar-refractivity contribution in [1.29, 1.82) is 0 Å². The molecule has 7 heteroatoms. The second-order valence-electron chi connectivity index (χ2n) is 4.22. The zero-order valence-electron chi connectivity index (χ0n) is 11.1. The van der Waals surface area contributed by atoms with E-state index in [-0.39, 0.29) is 0 Å². The van der Waals surface area contributed by atoms with Crippen molar-refractivity contribution in [2.24, 2.45) is 0 Å². The van der Waals surface area contributed by atoms with E-state index < -0.39 is 0 Å². The van der Waals surface area contributed by atoms with Crippen LogP contribution < -0.4 is 10.5 Å². The number of nitrogen functional groups attached to an aromatic ring is 1. The van der Waals surface area contributed by atoms with E-state index in [1.54, 1.807) is 31.5 Å². The van der Waals surface area contributed by atoms with Crippen LogP contribution in [-0.4, -0.2) is 22.2 Å². The summed E-state index contributed by atoms with van der Waals surface area (Å²) in [5.74, 6) is 1.32. The van der Waals surface area contributed by atoms with Crippen LogP contribution in [0, 0.1) is 0 Å². The number of nitrogens with zero attached hydrogens (tertiary/aromatic N) is 3. The number of ether oxygens (including phenoxy) is 1. The van der Waals surface area contributed by atoms with Gasteiger partial charge in [-0.2, -0.15) is 4.98 Å². The Kier molecular flexibility index (Phi) is 3.57. The molecule has 0 spiro atoms. The molecule has 0 atom stereocenters. The van der Waals surface area contributed by atoms with Crippen molar-refractivity contribution >= 4 is 21.6 Å². The van der Waals surface area contributed by atoms with Gasteiger partial charge in [0.1, 0.15) is 11.4 Å². The van der Waals surface area contributed by atoms with E-state index in [0.717, 1.165) is 4.47 Å². The van der Waals surface area contributed by atoms with Gasteiger partial charge in [-0.1, -0.05) is 5.16 Å². The summed E-state index contributed by atoms with van der Waals surface area (Å²) in [6, 6.07) is 8.91. The summed E-state index contributed by atoms with van der Waals surface area (Å²) in [7, 11) is 1.56. The molecule has 21 heavy (non-hydrogen) atoms. The summed E-state index contributed by atoms with van der Waals surface area (Å²) in [4.78, 5) is 8.59. The molecule has 0 saturated carbocycles. The van der Waals surface area contributed by atoms with Gasteiger partial charge in [0.05, 0.1) is 12.7 Å². The number of hydrogen-bond donors (Lipinski definition) is 1. The third-order valence-electron chi connectivity index (χ3n) is 2.85. The molecule has 106 valence electrons. The molecule has 3 rings (SSSR count). The Morgan fingerprint density at radius 2 is 2.14 bits per heavy atom. The van der Waals surface area contributed by atoms with Gasteiger partial charge in [-0.3, -0.25) is 4.98 Å². The van der Waals surface area contributed by atoms with Gasteiger partial charge in [-0.25, -0.2) is 0 Å². The molecule has 0 aliphatic heterocycles. The van der Waals surface area contributed by atoms with Crippen LogP contribution in [0.15, 0.2) is 45.5 Å². The van der Waals surface area contributed by atoms with Gasteiger partial charge in [-0.15, -0.1) is 0 Å². The molecule has 0 amide bonds. The van der Waals surface area contributed by atoms with Gasteiger partial charge in [0.25, 0.3) is 5.89 Å². The number of halogens is 1. The van der Waals surface area contributed by atoms with Crippen molar-refractivity contribution in [2.75, 3.05) is 12.8 Å². The number of rotatable bonds is 3. The van der Waals surface area contributed by atoms with E-state index in [9.17, 15) is 0 Å². The summed E-state index contributed by atoms with van der Waals surface area (Å²) >= 11 is 3.41. The fourth-order valence-electron chi connectivity index (χ4n) is 1.86. The van der Waals surface area contributed by atoms with E-state index in [2.05, 4.69) is 31.1 Å². The molecule has 1 aromatic carbocycles. The Bertz CT molecular complexity index is 788. The first-order valence-corrected chi connectivity index (χ1v) is 6.87. The Labute approximate surface area is 129 Å². The van der Waals surface area contributed by atoms with Gasteiger partial charge in [0, 0.05) is 22.4 Å². The first-order valence-electron chi connectivity index (χ1n) is 6.07. The topological polar surface area (TPSA) is 87.1 Å². The molecule has 0 aliphatic carbocycles. The van der Waals surface area contributed by atoms with Crippen molar-refractivity contribution in [3.8, 4) is 28.7 Å². The molecule has 6 nitrogen and oxygen atoms in total. The highest BCUT2D eigenvalue weighted by Crippen LogP contribution is 2.32. The molecule has 2 N–H and O–H groups in total. The van der Waals surface area contributed by atoms with Crippen LogP contribution in [0.5, 0.6) is 5.75 Å². The second kappa shape index (κ2) is 5.53. The maximum atomic E-state index is 5.73. The summed E-state index contributed by atoms with van der Waals surface area (Å²) in [6.45, 7) is 0. The van der Waals surface area contributed by atoms with E-state index in [1.165, 1.54) is 0 Å². The molecular formula is C14H11BrN4O2. The number of nitrogens with two attached hydrogens (primary N) is 1. The largest absolute Gasteiger partial charge is 0.496 e. The van der Waals surface area contributed by atoms with E-state index in [4.69, 9.17) is 15.0 Å². The normalized spacial score (nSPS) is 10.6. The van der Waals surface area contributed by atoms with Crippen molar-refractivity contribution in [1.82, 2.24) is 15.1 Å². The maximum absolute atomic E-state index is 5.73. The first kappa shape index (κ1) is 13.6. The highest BCUT2D eigenvalue weighted by molar-refractivity contribution is 9.10. The minimum absolute atomic E-state index is 0.347. The van der Waals surface area contributed by atoms with Gasteiger partial charge in [0.15, 0.2) is 0 Å². The SMILES string of the molecule is COc1cc(N)ccc1-c1nc(-c2ncccc2Br)no1. The maximum Gasteiger partial charge on any atom is 0.262 e.